The first-order valence-electron chi connectivity index (χ1n) is 6.63. The SMILES string of the molecule is Cc1ccc(-n2ncc([C@@H]3OC[C@@H](O)[C@H]3O)n2)cc1[N+](=O)[O-]. The minimum absolute atomic E-state index is 0.0225. The van der Waals surface area contributed by atoms with Gasteiger partial charge < -0.3 is 14.9 Å². The van der Waals surface area contributed by atoms with E-state index in [0.717, 1.165) is 0 Å². The van der Waals surface area contributed by atoms with Crippen LogP contribution in [-0.2, 0) is 4.74 Å². The Labute approximate surface area is 124 Å². The number of benzene rings is 1. The number of aliphatic hydroxyl groups excluding tert-OH is 2. The van der Waals surface area contributed by atoms with Gasteiger partial charge in [0.2, 0.25) is 0 Å². The van der Waals surface area contributed by atoms with E-state index in [-0.39, 0.29) is 12.3 Å². The lowest BCUT2D eigenvalue weighted by Crippen LogP contribution is -2.25. The van der Waals surface area contributed by atoms with Gasteiger partial charge in [-0.25, -0.2) is 0 Å². The smallest absolute Gasteiger partial charge is 0.274 e. The Bertz CT molecular complexity index is 716. The fourth-order valence-electron chi connectivity index (χ4n) is 2.31. The fraction of sp³-hybridized carbons (Fsp3) is 0.385. The normalized spacial score (nSPS) is 24.6. The first-order chi connectivity index (χ1) is 10.5. The zero-order valence-corrected chi connectivity index (χ0v) is 11.7. The quantitative estimate of drug-likeness (QED) is 0.616. The fourth-order valence-corrected chi connectivity index (χ4v) is 2.31. The molecular formula is C13H14N4O5. The van der Waals surface area contributed by atoms with Crippen LogP contribution in [-0.4, -0.2) is 48.9 Å². The second kappa shape index (κ2) is 5.44. The summed E-state index contributed by atoms with van der Waals surface area (Å²) in [6.07, 6.45) is -1.39. The maximum Gasteiger partial charge on any atom is 0.274 e. The van der Waals surface area contributed by atoms with Crippen molar-refractivity contribution in [2.45, 2.75) is 25.2 Å². The van der Waals surface area contributed by atoms with E-state index in [0.29, 0.717) is 16.9 Å². The molecule has 3 rings (SSSR count). The molecule has 0 unspecified atom stereocenters. The number of rotatable bonds is 3. The minimum Gasteiger partial charge on any atom is -0.388 e. The molecule has 2 heterocycles. The van der Waals surface area contributed by atoms with Crippen LogP contribution in [0.5, 0.6) is 0 Å². The van der Waals surface area contributed by atoms with Crippen LogP contribution >= 0.6 is 0 Å². The van der Waals surface area contributed by atoms with Crippen LogP contribution in [0.3, 0.4) is 0 Å². The summed E-state index contributed by atoms with van der Waals surface area (Å²) in [7, 11) is 0. The number of aromatic nitrogens is 3. The Morgan fingerprint density at radius 3 is 2.86 bits per heavy atom. The molecule has 1 saturated heterocycles. The Hall–Kier alpha value is -2.36. The highest BCUT2D eigenvalue weighted by Crippen LogP contribution is 2.28. The summed E-state index contributed by atoms with van der Waals surface area (Å²) in [5, 5.41) is 38.4. The lowest BCUT2D eigenvalue weighted by molar-refractivity contribution is -0.385. The second-order valence-corrected chi connectivity index (χ2v) is 5.10. The third kappa shape index (κ3) is 2.45. The largest absolute Gasteiger partial charge is 0.388 e. The van der Waals surface area contributed by atoms with Crippen LogP contribution in [0.15, 0.2) is 24.4 Å². The van der Waals surface area contributed by atoms with Crippen LogP contribution in [0.1, 0.15) is 17.4 Å². The van der Waals surface area contributed by atoms with Gasteiger partial charge in [0.1, 0.15) is 24.0 Å². The summed E-state index contributed by atoms with van der Waals surface area (Å²) in [6, 6.07) is 4.65. The third-order valence-electron chi connectivity index (χ3n) is 3.57. The molecule has 1 aliphatic heterocycles. The zero-order valence-electron chi connectivity index (χ0n) is 11.7. The topological polar surface area (TPSA) is 124 Å². The molecule has 0 bridgehead atoms. The lowest BCUT2D eigenvalue weighted by atomic mass is 10.1. The molecule has 116 valence electrons. The maximum absolute atomic E-state index is 11.0. The van der Waals surface area contributed by atoms with Gasteiger partial charge in [-0.15, -0.1) is 0 Å². The van der Waals surface area contributed by atoms with E-state index >= 15 is 0 Å². The second-order valence-electron chi connectivity index (χ2n) is 5.10. The number of ether oxygens (including phenoxy) is 1. The molecule has 1 aromatic heterocycles. The van der Waals surface area contributed by atoms with Crippen molar-refractivity contribution in [3.63, 3.8) is 0 Å². The minimum atomic E-state index is -1.07. The molecule has 2 N–H and O–H groups in total. The molecular weight excluding hydrogens is 292 g/mol. The molecule has 9 heteroatoms. The van der Waals surface area contributed by atoms with E-state index in [4.69, 9.17) is 4.74 Å². The molecule has 0 amide bonds. The van der Waals surface area contributed by atoms with Gasteiger partial charge in [0.15, 0.2) is 0 Å². The molecule has 0 saturated carbocycles. The average Bonchev–Trinajstić information content (AvgIpc) is 3.08. The van der Waals surface area contributed by atoms with Crippen LogP contribution in [0.25, 0.3) is 5.69 Å². The molecule has 3 atom stereocenters. The van der Waals surface area contributed by atoms with Crippen LogP contribution in [0.4, 0.5) is 5.69 Å². The first-order valence-corrected chi connectivity index (χ1v) is 6.63. The average molecular weight is 306 g/mol. The lowest BCUT2D eigenvalue weighted by Gasteiger charge is -2.11. The van der Waals surface area contributed by atoms with Gasteiger partial charge >= 0.3 is 0 Å². The summed E-state index contributed by atoms with van der Waals surface area (Å²) in [4.78, 5) is 11.7. The van der Waals surface area contributed by atoms with E-state index in [1.54, 1.807) is 19.1 Å². The van der Waals surface area contributed by atoms with Crippen LogP contribution < -0.4 is 0 Å². The van der Waals surface area contributed by atoms with E-state index in [1.165, 1.54) is 17.1 Å². The highest BCUT2D eigenvalue weighted by Gasteiger charge is 2.37. The maximum atomic E-state index is 11.0. The van der Waals surface area contributed by atoms with Crippen LogP contribution in [0, 0.1) is 17.0 Å². The van der Waals surface area contributed by atoms with Crippen molar-refractivity contribution in [2.75, 3.05) is 6.61 Å². The van der Waals surface area contributed by atoms with Crippen molar-refractivity contribution < 1.29 is 19.9 Å². The van der Waals surface area contributed by atoms with Crippen molar-refractivity contribution in [1.29, 1.82) is 0 Å². The number of nitro groups is 1. The Morgan fingerprint density at radius 2 is 2.23 bits per heavy atom. The van der Waals surface area contributed by atoms with Crippen molar-refractivity contribution in [3.8, 4) is 5.69 Å². The number of aliphatic hydroxyl groups is 2. The Kier molecular flexibility index (Phi) is 3.61. The van der Waals surface area contributed by atoms with Crippen molar-refractivity contribution in [2.24, 2.45) is 0 Å². The molecule has 1 aliphatic rings. The van der Waals surface area contributed by atoms with Crippen molar-refractivity contribution in [3.05, 3.63) is 45.8 Å². The zero-order chi connectivity index (χ0) is 15.9. The predicted molar refractivity (Wildman–Crippen MR) is 73.5 cm³/mol. The molecule has 2 aromatic rings. The van der Waals surface area contributed by atoms with Gasteiger partial charge in [-0.1, -0.05) is 6.07 Å². The number of hydrogen-bond donors (Lipinski definition) is 2. The number of nitro benzene ring substituents is 1. The molecule has 9 nitrogen and oxygen atoms in total. The van der Waals surface area contributed by atoms with Gasteiger partial charge in [-0.2, -0.15) is 15.0 Å². The van der Waals surface area contributed by atoms with Gasteiger partial charge in [0.05, 0.1) is 23.4 Å². The standard InChI is InChI=1S/C13H14N4O5/c1-7-2-3-8(4-10(7)17(20)21)16-14-5-9(15-16)13-12(19)11(18)6-22-13/h2-5,11-13,18-19H,6H2,1H3/t11-,12-,13+/m1/s1. The summed E-state index contributed by atoms with van der Waals surface area (Å²) in [5.41, 5.74) is 1.30. The molecule has 0 radical (unpaired) electrons. The molecule has 0 spiro atoms. The van der Waals surface area contributed by atoms with E-state index in [9.17, 15) is 20.3 Å². The van der Waals surface area contributed by atoms with Gasteiger partial charge in [0.25, 0.3) is 5.69 Å². The van der Waals surface area contributed by atoms with E-state index in [1.807, 2.05) is 0 Å². The van der Waals surface area contributed by atoms with Gasteiger partial charge in [-0.3, -0.25) is 10.1 Å². The monoisotopic (exact) mass is 306 g/mol. The molecule has 22 heavy (non-hydrogen) atoms. The van der Waals surface area contributed by atoms with Crippen LogP contribution in [0.2, 0.25) is 0 Å². The Balaban J connectivity index is 1.91. The summed E-state index contributed by atoms with van der Waals surface area (Å²) >= 11 is 0. The van der Waals surface area contributed by atoms with Gasteiger partial charge in [-0.05, 0) is 13.0 Å². The van der Waals surface area contributed by atoms with E-state index in [2.05, 4.69) is 10.2 Å². The number of hydrogen-bond acceptors (Lipinski definition) is 7. The third-order valence-corrected chi connectivity index (χ3v) is 3.57. The first kappa shape index (κ1) is 14.6. The molecule has 1 aromatic carbocycles. The summed E-state index contributed by atoms with van der Waals surface area (Å²) in [5.74, 6) is 0. The highest BCUT2D eigenvalue weighted by atomic mass is 16.6. The summed E-state index contributed by atoms with van der Waals surface area (Å²) < 4.78 is 5.27. The molecule has 0 aliphatic carbocycles. The van der Waals surface area contributed by atoms with Crippen molar-refractivity contribution in [1.82, 2.24) is 15.0 Å². The van der Waals surface area contributed by atoms with Gasteiger partial charge in [0, 0.05) is 11.6 Å². The Morgan fingerprint density at radius 1 is 1.45 bits per heavy atom. The predicted octanol–water partition coefficient (Wildman–Crippen LogP) is 0.277. The highest BCUT2D eigenvalue weighted by molar-refractivity contribution is 5.47. The van der Waals surface area contributed by atoms with E-state index < -0.39 is 23.2 Å². The number of aryl methyl sites for hydroxylation is 1. The molecule has 1 fully saturated rings. The summed E-state index contributed by atoms with van der Waals surface area (Å²) in [6.45, 7) is 1.67. The van der Waals surface area contributed by atoms with Crippen molar-refractivity contribution >= 4 is 5.69 Å². The number of nitrogens with zero attached hydrogens (tertiary/aromatic N) is 4.